The molecule has 0 bridgehead atoms. The van der Waals surface area contributed by atoms with Crippen molar-refractivity contribution >= 4 is 23.4 Å². The number of fused-ring (bicyclic) bond motifs is 1. The number of benzene rings is 3. The third-order valence-corrected chi connectivity index (χ3v) is 6.11. The van der Waals surface area contributed by atoms with Crippen LogP contribution in [-0.2, 0) is 0 Å². The molecule has 1 N–H and O–H groups in total. The fourth-order valence-electron chi connectivity index (χ4n) is 4.17. The van der Waals surface area contributed by atoms with Gasteiger partial charge in [0.2, 0.25) is 0 Å². The van der Waals surface area contributed by atoms with E-state index in [0.717, 1.165) is 22.3 Å². The molecule has 0 saturated carbocycles. The van der Waals surface area contributed by atoms with Crippen molar-refractivity contribution in [3.8, 4) is 11.1 Å². The Labute approximate surface area is 186 Å². The summed E-state index contributed by atoms with van der Waals surface area (Å²) in [4.78, 5) is 28.6. The van der Waals surface area contributed by atoms with Gasteiger partial charge in [-0.05, 0) is 78.9 Å². The molecule has 0 radical (unpaired) electrons. The first-order valence-electron chi connectivity index (χ1n) is 10.6. The zero-order chi connectivity index (χ0) is 23.0. The van der Waals surface area contributed by atoms with Crippen LogP contribution in [0.15, 0.2) is 60.7 Å². The van der Waals surface area contributed by atoms with Crippen molar-refractivity contribution in [3.05, 3.63) is 83.2 Å². The second-order valence-electron chi connectivity index (χ2n) is 8.14. The molecule has 1 heterocycles. The molecule has 164 valence electrons. The van der Waals surface area contributed by atoms with Crippen molar-refractivity contribution in [2.24, 2.45) is 0 Å². The Morgan fingerprint density at radius 3 is 2.22 bits per heavy atom. The number of hydrogen-bond donors (Lipinski definition) is 1. The number of amides is 2. The summed E-state index contributed by atoms with van der Waals surface area (Å²) in [6.45, 7) is 6.08. The maximum atomic E-state index is 13.6. The molecule has 2 amide bonds. The van der Waals surface area contributed by atoms with Crippen LogP contribution >= 0.6 is 0 Å². The Kier molecular flexibility index (Phi) is 5.70. The lowest BCUT2D eigenvalue weighted by Crippen LogP contribution is -2.52. The Hall–Kier alpha value is -3.67. The molecular formula is C26H25FN2O3. The molecule has 0 aromatic heterocycles. The topological polar surface area (TPSA) is 60.9 Å². The number of carbonyl (C=O) groups is 2. The van der Waals surface area contributed by atoms with E-state index in [0.29, 0.717) is 23.4 Å². The molecule has 1 aliphatic heterocycles. The van der Waals surface area contributed by atoms with Gasteiger partial charge in [0.15, 0.2) is 0 Å². The maximum absolute atomic E-state index is 13.6. The molecule has 0 saturated heterocycles. The van der Waals surface area contributed by atoms with Gasteiger partial charge in [-0.1, -0.05) is 31.2 Å². The van der Waals surface area contributed by atoms with E-state index in [-0.39, 0.29) is 24.3 Å². The molecule has 0 aliphatic carbocycles. The highest BCUT2D eigenvalue weighted by Gasteiger charge is 2.37. The Balaban J connectivity index is 1.72. The summed E-state index contributed by atoms with van der Waals surface area (Å²) in [6.07, 6.45) is -0.436. The van der Waals surface area contributed by atoms with Crippen LogP contribution in [0.4, 0.5) is 20.6 Å². The number of nitrogens with zero attached hydrogens (tertiary/aromatic N) is 2. The monoisotopic (exact) mass is 432 g/mol. The van der Waals surface area contributed by atoms with Crippen LogP contribution in [0.2, 0.25) is 0 Å². The number of hydrogen-bond acceptors (Lipinski definition) is 2. The number of rotatable bonds is 3. The highest BCUT2D eigenvalue weighted by atomic mass is 19.1. The van der Waals surface area contributed by atoms with Gasteiger partial charge in [-0.2, -0.15) is 0 Å². The van der Waals surface area contributed by atoms with Crippen molar-refractivity contribution in [2.75, 3.05) is 16.3 Å². The van der Waals surface area contributed by atoms with E-state index < -0.39 is 6.09 Å². The first-order valence-corrected chi connectivity index (χ1v) is 10.6. The van der Waals surface area contributed by atoms with Crippen molar-refractivity contribution in [1.82, 2.24) is 0 Å². The molecule has 5 nitrogen and oxygen atoms in total. The van der Waals surface area contributed by atoms with Crippen LogP contribution in [0.1, 0.15) is 34.8 Å². The van der Waals surface area contributed by atoms with Gasteiger partial charge in [0, 0.05) is 12.1 Å². The lowest BCUT2D eigenvalue weighted by Gasteiger charge is -2.41. The van der Waals surface area contributed by atoms with Crippen LogP contribution in [0.25, 0.3) is 11.1 Å². The third kappa shape index (κ3) is 3.84. The molecule has 3 aromatic rings. The normalized spacial score (nSPS) is 15.4. The quantitative estimate of drug-likeness (QED) is 0.549. The number of anilines is 2. The van der Waals surface area contributed by atoms with Gasteiger partial charge in [-0.3, -0.25) is 9.69 Å². The molecule has 1 unspecified atom stereocenters. The van der Waals surface area contributed by atoms with Crippen LogP contribution in [0, 0.1) is 19.7 Å². The summed E-state index contributed by atoms with van der Waals surface area (Å²) in [5.41, 5.74) is 5.13. The highest BCUT2D eigenvalue weighted by molar-refractivity contribution is 6.10. The van der Waals surface area contributed by atoms with E-state index in [1.165, 1.54) is 17.0 Å². The zero-order valence-electron chi connectivity index (χ0n) is 18.3. The molecule has 0 fully saturated rings. The standard InChI is InChI=1S/C26H25FN2O3/c1-4-22-15-28(23-12-16(2)17(3)13-24(23)29(22)26(31)32)25(30)19-10-8-18(9-11-19)20-6-5-7-21(27)14-20/h5-14,22H,4,15H2,1-3H3,(H,31,32). The third-order valence-electron chi connectivity index (χ3n) is 6.11. The summed E-state index contributed by atoms with van der Waals surface area (Å²) < 4.78 is 13.6. The van der Waals surface area contributed by atoms with Crippen LogP contribution in [0.3, 0.4) is 0 Å². The summed E-state index contributed by atoms with van der Waals surface area (Å²) >= 11 is 0. The predicted octanol–water partition coefficient (Wildman–Crippen LogP) is 6.03. The van der Waals surface area contributed by atoms with Crippen molar-refractivity contribution in [2.45, 2.75) is 33.2 Å². The number of carbonyl (C=O) groups excluding carboxylic acids is 1. The number of aryl methyl sites for hydroxylation is 2. The van der Waals surface area contributed by atoms with Gasteiger partial charge < -0.3 is 10.0 Å². The fourth-order valence-corrected chi connectivity index (χ4v) is 4.17. The van der Waals surface area contributed by atoms with Crippen LogP contribution in [0.5, 0.6) is 0 Å². The van der Waals surface area contributed by atoms with Crippen molar-refractivity contribution in [3.63, 3.8) is 0 Å². The maximum Gasteiger partial charge on any atom is 0.412 e. The van der Waals surface area contributed by atoms with Gasteiger partial charge >= 0.3 is 6.09 Å². The van der Waals surface area contributed by atoms with Crippen LogP contribution in [-0.4, -0.2) is 29.7 Å². The first-order chi connectivity index (χ1) is 15.3. The minimum absolute atomic E-state index is 0.191. The van der Waals surface area contributed by atoms with Gasteiger partial charge in [-0.15, -0.1) is 0 Å². The summed E-state index contributed by atoms with van der Waals surface area (Å²) in [5.74, 6) is -0.504. The lowest BCUT2D eigenvalue weighted by atomic mass is 9.99. The fraction of sp³-hybridized carbons (Fsp3) is 0.231. The smallest absolute Gasteiger partial charge is 0.412 e. The molecule has 1 atom stereocenters. The Bertz CT molecular complexity index is 1190. The minimum atomic E-state index is -1.02. The highest BCUT2D eigenvalue weighted by Crippen LogP contribution is 2.39. The van der Waals surface area contributed by atoms with Gasteiger partial charge in [-0.25, -0.2) is 9.18 Å². The molecule has 3 aromatic carbocycles. The van der Waals surface area contributed by atoms with E-state index in [9.17, 15) is 19.1 Å². The average Bonchev–Trinajstić information content (AvgIpc) is 2.78. The predicted molar refractivity (Wildman–Crippen MR) is 124 cm³/mol. The van der Waals surface area contributed by atoms with E-state index in [2.05, 4.69) is 0 Å². The molecule has 32 heavy (non-hydrogen) atoms. The molecule has 1 aliphatic rings. The Morgan fingerprint density at radius 1 is 0.969 bits per heavy atom. The Morgan fingerprint density at radius 2 is 1.62 bits per heavy atom. The average molecular weight is 432 g/mol. The SMILES string of the molecule is CCC1CN(C(=O)c2ccc(-c3cccc(F)c3)cc2)c2cc(C)c(C)cc2N1C(=O)O. The lowest BCUT2D eigenvalue weighted by molar-refractivity contribution is 0.0982. The second-order valence-corrected chi connectivity index (χ2v) is 8.14. The zero-order valence-corrected chi connectivity index (χ0v) is 18.3. The van der Waals surface area contributed by atoms with Crippen molar-refractivity contribution < 1.29 is 19.1 Å². The van der Waals surface area contributed by atoms with Gasteiger partial charge in [0.05, 0.1) is 17.4 Å². The molecular weight excluding hydrogens is 407 g/mol. The van der Waals surface area contributed by atoms with E-state index >= 15 is 0 Å². The molecule has 6 heteroatoms. The van der Waals surface area contributed by atoms with Crippen molar-refractivity contribution in [1.29, 1.82) is 0 Å². The summed E-state index contributed by atoms with van der Waals surface area (Å²) in [5, 5.41) is 9.84. The number of halogens is 1. The first kappa shape index (κ1) is 21.6. The minimum Gasteiger partial charge on any atom is -0.465 e. The summed E-state index contributed by atoms with van der Waals surface area (Å²) in [7, 11) is 0. The van der Waals surface area contributed by atoms with Gasteiger partial charge in [0.1, 0.15) is 5.82 Å². The van der Waals surface area contributed by atoms with Crippen LogP contribution < -0.4 is 9.80 Å². The largest absolute Gasteiger partial charge is 0.465 e. The second kappa shape index (κ2) is 8.46. The molecule has 4 rings (SSSR count). The van der Waals surface area contributed by atoms with E-state index in [1.54, 1.807) is 35.2 Å². The van der Waals surface area contributed by atoms with E-state index in [4.69, 9.17) is 0 Å². The summed E-state index contributed by atoms with van der Waals surface area (Å²) in [6, 6.07) is 16.8. The number of carboxylic acid groups (broad SMARTS) is 1. The van der Waals surface area contributed by atoms with E-state index in [1.807, 2.05) is 39.0 Å². The molecule has 0 spiro atoms. The van der Waals surface area contributed by atoms with Gasteiger partial charge in [0.25, 0.3) is 5.91 Å².